The zero-order chi connectivity index (χ0) is 23.2. The predicted molar refractivity (Wildman–Crippen MR) is 125 cm³/mol. The van der Waals surface area contributed by atoms with Crippen LogP contribution in [0.4, 0.5) is 5.69 Å². The quantitative estimate of drug-likeness (QED) is 0.283. The molecule has 0 aromatic heterocycles. The van der Waals surface area contributed by atoms with Crippen LogP contribution < -0.4 is 4.90 Å². The van der Waals surface area contributed by atoms with Gasteiger partial charge in [-0.3, -0.25) is 14.5 Å². The van der Waals surface area contributed by atoms with E-state index in [0.717, 1.165) is 11.1 Å². The second-order valence-electron chi connectivity index (χ2n) is 7.66. The molecule has 0 spiro atoms. The lowest BCUT2D eigenvalue weighted by Crippen LogP contribution is -2.29. The number of anilines is 1. The minimum atomic E-state index is -0.946. The third-order valence-electron chi connectivity index (χ3n) is 5.59. The van der Waals surface area contributed by atoms with Crippen LogP contribution in [0, 0.1) is 13.8 Å². The summed E-state index contributed by atoms with van der Waals surface area (Å²) in [6.45, 7) is 3.86. The maximum Gasteiger partial charge on any atom is 0.300 e. The number of benzene rings is 3. The molecule has 3 aromatic carbocycles. The molecule has 0 bridgehead atoms. The Morgan fingerprint density at radius 3 is 2.31 bits per heavy atom. The van der Waals surface area contributed by atoms with Crippen LogP contribution in [-0.2, 0) is 9.59 Å². The summed E-state index contributed by atoms with van der Waals surface area (Å²) >= 11 is 12.1. The van der Waals surface area contributed by atoms with Crippen molar-refractivity contribution in [2.75, 3.05) is 4.90 Å². The number of phenols is 1. The third kappa shape index (κ3) is 3.74. The Hall–Kier alpha value is -3.28. The van der Waals surface area contributed by atoms with E-state index in [1.165, 1.54) is 35.2 Å². The molecule has 1 saturated heterocycles. The first-order valence-corrected chi connectivity index (χ1v) is 10.6. The number of hydrogen-bond acceptors (Lipinski definition) is 4. The van der Waals surface area contributed by atoms with Gasteiger partial charge in [-0.15, -0.1) is 0 Å². The molecule has 4 rings (SSSR count). The summed E-state index contributed by atoms with van der Waals surface area (Å²) in [6, 6.07) is 15.2. The van der Waals surface area contributed by atoms with E-state index < -0.39 is 17.7 Å². The van der Waals surface area contributed by atoms with Gasteiger partial charge < -0.3 is 10.2 Å². The summed E-state index contributed by atoms with van der Waals surface area (Å²) in [6.07, 6.45) is 0. The zero-order valence-corrected chi connectivity index (χ0v) is 18.8. The van der Waals surface area contributed by atoms with Crippen LogP contribution in [0.5, 0.6) is 5.75 Å². The molecule has 1 heterocycles. The monoisotopic (exact) mass is 467 g/mol. The Morgan fingerprint density at radius 2 is 1.66 bits per heavy atom. The van der Waals surface area contributed by atoms with Gasteiger partial charge in [0.15, 0.2) is 0 Å². The van der Waals surface area contributed by atoms with Crippen LogP contribution in [-0.4, -0.2) is 21.9 Å². The highest BCUT2D eigenvalue weighted by Crippen LogP contribution is 2.43. The molecule has 2 N–H and O–H groups in total. The normalized spacial score (nSPS) is 17.8. The van der Waals surface area contributed by atoms with Crippen molar-refractivity contribution in [3.05, 3.63) is 98.5 Å². The van der Waals surface area contributed by atoms with Crippen molar-refractivity contribution in [1.29, 1.82) is 0 Å². The molecule has 1 aliphatic rings. The van der Waals surface area contributed by atoms with Gasteiger partial charge in [-0.2, -0.15) is 0 Å². The van der Waals surface area contributed by atoms with Gasteiger partial charge in [0, 0.05) is 11.3 Å². The minimum absolute atomic E-state index is 0.0253. The van der Waals surface area contributed by atoms with Crippen LogP contribution in [0.1, 0.15) is 28.3 Å². The molecule has 162 valence electrons. The van der Waals surface area contributed by atoms with Gasteiger partial charge in [0.05, 0.1) is 21.7 Å². The van der Waals surface area contributed by atoms with Crippen LogP contribution in [0.2, 0.25) is 10.0 Å². The van der Waals surface area contributed by atoms with Crippen molar-refractivity contribution in [2.45, 2.75) is 19.9 Å². The number of aliphatic hydroxyl groups is 1. The van der Waals surface area contributed by atoms with Gasteiger partial charge in [0.25, 0.3) is 11.7 Å². The number of phenolic OH excluding ortho intramolecular Hbond substituents is 1. The number of aryl methyl sites for hydroxylation is 2. The number of hydrogen-bond donors (Lipinski definition) is 2. The Balaban J connectivity index is 1.97. The van der Waals surface area contributed by atoms with E-state index >= 15 is 0 Å². The molecule has 0 saturated carbocycles. The highest BCUT2D eigenvalue weighted by atomic mass is 35.5. The number of carbonyl (C=O) groups excluding carboxylic acids is 2. The van der Waals surface area contributed by atoms with Gasteiger partial charge in [-0.25, -0.2) is 0 Å². The van der Waals surface area contributed by atoms with Gasteiger partial charge in [-0.1, -0.05) is 41.4 Å². The topological polar surface area (TPSA) is 77.8 Å². The summed E-state index contributed by atoms with van der Waals surface area (Å²) in [7, 11) is 0. The van der Waals surface area contributed by atoms with E-state index in [4.69, 9.17) is 23.2 Å². The molecular weight excluding hydrogens is 449 g/mol. The number of Topliss-reactive ketones (excluding diaryl/α,β-unsaturated/α-hetero) is 1. The Bertz CT molecular complexity index is 1300. The minimum Gasteiger partial charge on any atom is -0.508 e. The maximum absolute atomic E-state index is 13.2. The predicted octanol–water partition coefficient (Wildman–Crippen LogP) is 5.94. The lowest BCUT2D eigenvalue weighted by Gasteiger charge is -2.26. The van der Waals surface area contributed by atoms with Crippen LogP contribution in [0.15, 0.2) is 66.2 Å². The number of amides is 1. The molecule has 1 aliphatic heterocycles. The molecule has 1 amide bonds. The zero-order valence-electron chi connectivity index (χ0n) is 17.3. The van der Waals surface area contributed by atoms with E-state index in [1.54, 1.807) is 18.2 Å². The molecule has 1 fully saturated rings. The summed E-state index contributed by atoms with van der Waals surface area (Å²) < 4.78 is 0. The third-order valence-corrected chi connectivity index (χ3v) is 6.33. The van der Waals surface area contributed by atoms with Crippen molar-refractivity contribution in [1.82, 2.24) is 0 Å². The Labute approximate surface area is 195 Å². The number of nitrogens with zero attached hydrogens (tertiary/aromatic N) is 1. The van der Waals surface area contributed by atoms with E-state index in [9.17, 15) is 19.8 Å². The SMILES string of the molecule is Cc1ccc(N2C(=O)C(=O)/C(=C(/O)c3ccc(Cl)c(Cl)c3)C2c2cccc(O)c2)cc1C. The molecule has 0 radical (unpaired) electrons. The second-order valence-corrected chi connectivity index (χ2v) is 8.48. The van der Waals surface area contributed by atoms with Gasteiger partial charge in [-0.05, 0) is 73.0 Å². The maximum atomic E-state index is 13.2. The van der Waals surface area contributed by atoms with Crippen molar-refractivity contribution in [3.63, 3.8) is 0 Å². The van der Waals surface area contributed by atoms with Gasteiger partial charge in [0.1, 0.15) is 11.5 Å². The molecule has 7 heteroatoms. The highest BCUT2D eigenvalue weighted by Gasteiger charge is 2.47. The average Bonchev–Trinajstić information content (AvgIpc) is 3.02. The molecule has 5 nitrogen and oxygen atoms in total. The van der Waals surface area contributed by atoms with E-state index in [-0.39, 0.29) is 27.7 Å². The Morgan fingerprint density at radius 1 is 0.906 bits per heavy atom. The van der Waals surface area contributed by atoms with Gasteiger partial charge in [0.2, 0.25) is 0 Å². The fraction of sp³-hybridized carbons (Fsp3) is 0.120. The van der Waals surface area contributed by atoms with E-state index in [0.29, 0.717) is 16.3 Å². The van der Waals surface area contributed by atoms with E-state index in [2.05, 4.69) is 0 Å². The van der Waals surface area contributed by atoms with E-state index in [1.807, 2.05) is 26.0 Å². The van der Waals surface area contributed by atoms with Gasteiger partial charge >= 0.3 is 0 Å². The summed E-state index contributed by atoms with van der Waals surface area (Å²) in [5, 5.41) is 21.7. The summed E-state index contributed by atoms with van der Waals surface area (Å²) in [4.78, 5) is 27.6. The number of aromatic hydroxyl groups is 1. The number of rotatable bonds is 3. The first-order valence-electron chi connectivity index (χ1n) is 9.81. The molecule has 32 heavy (non-hydrogen) atoms. The van der Waals surface area contributed by atoms with Crippen molar-refractivity contribution < 1.29 is 19.8 Å². The van der Waals surface area contributed by atoms with Crippen LogP contribution in [0.3, 0.4) is 0 Å². The first-order chi connectivity index (χ1) is 15.2. The van der Waals surface area contributed by atoms with Crippen molar-refractivity contribution >= 4 is 46.3 Å². The van der Waals surface area contributed by atoms with Crippen molar-refractivity contribution in [3.8, 4) is 5.75 Å². The molecule has 3 aromatic rings. The molecule has 1 unspecified atom stereocenters. The standard InChI is InChI=1S/C25H19Cl2NO4/c1-13-6-8-17(10-14(13)2)28-22(15-4-3-5-18(29)11-15)21(24(31)25(28)32)23(30)16-7-9-19(26)20(27)12-16/h3-12,22,29-30H,1-2H3/b23-21+. The van der Waals surface area contributed by atoms with Crippen molar-refractivity contribution in [2.24, 2.45) is 0 Å². The second kappa shape index (κ2) is 8.34. The first kappa shape index (κ1) is 21.9. The molecule has 0 aliphatic carbocycles. The van der Waals surface area contributed by atoms with Crippen LogP contribution in [0.25, 0.3) is 5.76 Å². The lowest BCUT2D eigenvalue weighted by molar-refractivity contribution is -0.132. The Kier molecular flexibility index (Phi) is 5.71. The lowest BCUT2D eigenvalue weighted by atomic mass is 9.95. The van der Waals surface area contributed by atoms with Crippen LogP contribution >= 0.6 is 23.2 Å². The highest BCUT2D eigenvalue weighted by molar-refractivity contribution is 6.51. The summed E-state index contributed by atoms with van der Waals surface area (Å²) in [5.74, 6) is -2.01. The number of carbonyl (C=O) groups is 2. The number of halogens is 2. The fourth-order valence-corrected chi connectivity index (χ4v) is 4.08. The smallest absolute Gasteiger partial charge is 0.300 e. The molecule has 1 atom stereocenters. The fourth-order valence-electron chi connectivity index (χ4n) is 3.78. The largest absolute Gasteiger partial charge is 0.508 e. The number of ketones is 1. The number of aliphatic hydroxyl groups excluding tert-OH is 1. The average molecular weight is 468 g/mol. The molecular formula is C25H19Cl2NO4. The summed E-state index contributed by atoms with van der Waals surface area (Å²) in [5.41, 5.74) is 3.12.